The number of carbonyl (C=O) groups excluding carboxylic acids is 1. The van der Waals surface area contributed by atoms with E-state index in [1.807, 2.05) is 20.9 Å². The Labute approximate surface area is 107 Å². The summed E-state index contributed by atoms with van der Waals surface area (Å²) in [6.45, 7) is 4.75. The number of hydrogen-bond donors (Lipinski definition) is 1. The van der Waals surface area contributed by atoms with Gasteiger partial charge in [-0.2, -0.15) is 0 Å². The minimum atomic E-state index is -0.312. The third-order valence-electron chi connectivity index (χ3n) is 4.08. The molecule has 0 bridgehead atoms. The summed E-state index contributed by atoms with van der Waals surface area (Å²) in [6, 6.07) is 0. The van der Waals surface area contributed by atoms with Crippen LogP contribution in [0.3, 0.4) is 0 Å². The van der Waals surface area contributed by atoms with Crippen LogP contribution in [0, 0.1) is 19.3 Å². The summed E-state index contributed by atoms with van der Waals surface area (Å²) in [5.41, 5.74) is 7.30. The number of hydrogen-bond acceptors (Lipinski definition) is 4. The lowest BCUT2D eigenvalue weighted by atomic mass is 9.68. The Kier molecular flexibility index (Phi) is 3.43. The van der Waals surface area contributed by atoms with Crippen LogP contribution in [-0.4, -0.2) is 29.6 Å². The number of nitrogens with zero attached hydrogens (tertiary/aromatic N) is 2. The Morgan fingerprint density at radius 2 is 2.17 bits per heavy atom. The van der Waals surface area contributed by atoms with Gasteiger partial charge in [-0.25, -0.2) is 0 Å². The SMILES string of the molecule is Cc1noc(C)c1CN(C)C(=O)C1(CN)CCC1. The number of amides is 1. The van der Waals surface area contributed by atoms with Crippen molar-refractivity contribution < 1.29 is 9.32 Å². The second-order valence-electron chi connectivity index (χ2n) is 5.30. The van der Waals surface area contributed by atoms with Crippen LogP contribution in [0.4, 0.5) is 0 Å². The van der Waals surface area contributed by atoms with Gasteiger partial charge in [0.1, 0.15) is 5.76 Å². The predicted molar refractivity (Wildman–Crippen MR) is 67.8 cm³/mol. The predicted octanol–water partition coefficient (Wildman–Crippen LogP) is 1.38. The van der Waals surface area contributed by atoms with Crippen molar-refractivity contribution in [2.45, 2.75) is 39.7 Å². The molecule has 5 nitrogen and oxygen atoms in total. The maximum absolute atomic E-state index is 12.4. The molecule has 0 radical (unpaired) electrons. The molecule has 1 aromatic rings. The van der Waals surface area contributed by atoms with E-state index in [1.54, 1.807) is 4.90 Å². The van der Waals surface area contributed by atoms with E-state index in [0.717, 1.165) is 36.3 Å². The largest absolute Gasteiger partial charge is 0.361 e. The normalized spacial score (nSPS) is 17.3. The molecule has 1 saturated carbocycles. The van der Waals surface area contributed by atoms with Crippen LogP contribution in [0.5, 0.6) is 0 Å². The lowest BCUT2D eigenvalue weighted by molar-refractivity contribution is -0.145. The fourth-order valence-electron chi connectivity index (χ4n) is 2.55. The lowest BCUT2D eigenvalue weighted by Crippen LogP contribution is -2.50. The highest BCUT2D eigenvalue weighted by atomic mass is 16.5. The number of rotatable bonds is 4. The summed E-state index contributed by atoms with van der Waals surface area (Å²) in [6.07, 6.45) is 2.92. The monoisotopic (exact) mass is 251 g/mol. The van der Waals surface area contributed by atoms with Crippen molar-refractivity contribution in [3.8, 4) is 0 Å². The molecule has 0 saturated heterocycles. The van der Waals surface area contributed by atoms with Crippen molar-refractivity contribution >= 4 is 5.91 Å². The molecule has 5 heteroatoms. The van der Waals surface area contributed by atoms with Crippen molar-refractivity contribution in [1.82, 2.24) is 10.1 Å². The fourth-order valence-corrected chi connectivity index (χ4v) is 2.55. The third-order valence-corrected chi connectivity index (χ3v) is 4.08. The summed E-state index contributed by atoms with van der Waals surface area (Å²) >= 11 is 0. The van der Waals surface area contributed by atoms with Gasteiger partial charge in [0, 0.05) is 19.2 Å². The van der Waals surface area contributed by atoms with Crippen LogP contribution in [0.15, 0.2) is 4.52 Å². The summed E-state index contributed by atoms with van der Waals surface area (Å²) in [5.74, 6) is 0.929. The molecule has 18 heavy (non-hydrogen) atoms. The summed E-state index contributed by atoms with van der Waals surface area (Å²) in [7, 11) is 1.82. The third kappa shape index (κ3) is 2.03. The molecule has 1 amide bonds. The molecule has 100 valence electrons. The van der Waals surface area contributed by atoms with Gasteiger partial charge in [-0.3, -0.25) is 4.79 Å². The van der Waals surface area contributed by atoms with Crippen LogP contribution >= 0.6 is 0 Å². The molecule has 1 aromatic heterocycles. The Hall–Kier alpha value is -1.36. The highest BCUT2D eigenvalue weighted by molar-refractivity contribution is 5.83. The minimum Gasteiger partial charge on any atom is -0.361 e. The van der Waals surface area contributed by atoms with Crippen LogP contribution in [-0.2, 0) is 11.3 Å². The van der Waals surface area contributed by atoms with E-state index in [1.165, 1.54) is 0 Å². The van der Waals surface area contributed by atoms with E-state index in [0.29, 0.717) is 13.1 Å². The molecular formula is C13H21N3O2. The van der Waals surface area contributed by atoms with Crippen molar-refractivity contribution in [2.24, 2.45) is 11.1 Å². The smallest absolute Gasteiger partial charge is 0.230 e. The molecule has 1 aliphatic rings. The van der Waals surface area contributed by atoms with E-state index in [9.17, 15) is 4.79 Å². The molecule has 2 rings (SSSR count). The van der Waals surface area contributed by atoms with Crippen LogP contribution in [0.1, 0.15) is 36.3 Å². The highest BCUT2D eigenvalue weighted by Gasteiger charge is 2.44. The molecule has 1 heterocycles. The highest BCUT2D eigenvalue weighted by Crippen LogP contribution is 2.41. The second kappa shape index (κ2) is 4.72. The van der Waals surface area contributed by atoms with Crippen molar-refractivity contribution in [3.05, 3.63) is 17.0 Å². The van der Waals surface area contributed by atoms with Gasteiger partial charge in [-0.15, -0.1) is 0 Å². The topological polar surface area (TPSA) is 72.4 Å². The first-order chi connectivity index (χ1) is 8.50. The average molecular weight is 251 g/mol. The average Bonchev–Trinajstić information content (AvgIpc) is 2.60. The molecule has 0 aromatic carbocycles. The Bertz CT molecular complexity index is 424. The maximum Gasteiger partial charge on any atom is 0.230 e. The second-order valence-corrected chi connectivity index (χ2v) is 5.30. The van der Waals surface area contributed by atoms with Crippen molar-refractivity contribution in [3.63, 3.8) is 0 Å². The molecule has 2 N–H and O–H groups in total. The first kappa shape index (κ1) is 13.1. The maximum atomic E-state index is 12.4. The number of aryl methyl sites for hydroxylation is 2. The van der Waals surface area contributed by atoms with Crippen molar-refractivity contribution in [1.29, 1.82) is 0 Å². The van der Waals surface area contributed by atoms with Gasteiger partial charge in [0.15, 0.2) is 0 Å². The fraction of sp³-hybridized carbons (Fsp3) is 0.692. The van der Waals surface area contributed by atoms with E-state index in [4.69, 9.17) is 10.3 Å². The zero-order valence-corrected chi connectivity index (χ0v) is 11.3. The van der Waals surface area contributed by atoms with Crippen LogP contribution in [0.2, 0.25) is 0 Å². The Balaban J connectivity index is 2.08. The Morgan fingerprint density at radius 3 is 2.56 bits per heavy atom. The number of carbonyl (C=O) groups is 1. The lowest BCUT2D eigenvalue weighted by Gasteiger charge is -2.41. The zero-order chi connectivity index (χ0) is 13.3. The molecular weight excluding hydrogens is 230 g/mol. The van der Waals surface area contributed by atoms with Gasteiger partial charge in [-0.05, 0) is 26.7 Å². The zero-order valence-electron chi connectivity index (χ0n) is 11.3. The summed E-state index contributed by atoms with van der Waals surface area (Å²) in [5, 5.41) is 3.91. The molecule has 1 fully saturated rings. The van der Waals surface area contributed by atoms with Crippen molar-refractivity contribution in [2.75, 3.05) is 13.6 Å². The Morgan fingerprint density at radius 1 is 1.50 bits per heavy atom. The van der Waals surface area contributed by atoms with Gasteiger partial charge in [0.05, 0.1) is 17.7 Å². The molecule has 0 aliphatic heterocycles. The molecule has 0 atom stereocenters. The van der Waals surface area contributed by atoms with Gasteiger partial charge in [0.2, 0.25) is 5.91 Å². The van der Waals surface area contributed by atoms with Gasteiger partial charge >= 0.3 is 0 Å². The molecule has 0 spiro atoms. The molecule has 1 aliphatic carbocycles. The summed E-state index contributed by atoms with van der Waals surface area (Å²) < 4.78 is 5.12. The van der Waals surface area contributed by atoms with E-state index in [2.05, 4.69) is 5.16 Å². The van der Waals surface area contributed by atoms with E-state index >= 15 is 0 Å². The van der Waals surface area contributed by atoms with Gasteiger partial charge in [-0.1, -0.05) is 11.6 Å². The summed E-state index contributed by atoms with van der Waals surface area (Å²) in [4.78, 5) is 14.2. The standard InChI is InChI=1S/C13H21N3O2/c1-9-11(10(2)18-15-9)7-16(3)12(17)13(8-14)5-4-6-13/h4-8,14H2,1-3H3. The van der Waals surface area contributed by atoms with Crippen LogP contribution in [0.25, 0.3) is 0 Å². The van der Waals surface area contributed by atoms with Gasteiger partial charge < -0.3 is 15.2 Å². The molecule has 0 unspecified atom stereocenters. The minimum absolute atomic E-state index is 0.149. The van der Waals surface area contributed by atoms with E-state index in [-0.39, 0.29) is 11.3 Å². The first-order valence-corrected chi connectivity index (χ1v) is 6.37. The van der Waals surface area contributed by atoms with Gasteiger partial charge in [0.25, 0.3) is 0 Å². The number of aromatic nitrogens is 1. The number of nitrogens with two attached hydrogens (primary N) is 1. The first-order valence-electron chi connectivity index (χ1n) is 6.37. The van der Waals surface area contributed by atoms with Crippen LogP contribution < -0.4 is 5.73 Å². The quantitative estimate of drug-likeness (QED) is 0.877. The van der Waals surface area contributed by atoms with E-state index < -0.39 is 0 Å².